The smallest absolute Gasteiger partial charge is 0.277 e. The Labute approximate surface area is 192 Å². The van der Waals surface area contributed by atoms with Gasteiger partial charge in [-0.3, -0.25) is 4.79 Å². The van der Waals surface area contributed by atoms with Crippen molar-refractivity contribution >= 4 is 27.4 Å². The summed E-state index contributed by atoms with van der Waals surface area (Å²) < 4.78 is 31.0. The number of aryl methyl sites for hydroxylation is 2. The molecule has 0 N–H and O–H groups in total. The van der Waals surface area contributed by atoms with Crippen molar-refractivity contribution in [1.29, 1.82) is 0 Å². The van der Waals surface area contributed by atoms with Crippen molar-refractivity contribution in [2.24, 2.45) is 5.92 Å². The number of nitrogens with zero attached hydrogens (tertiary/aromatic N) is 3. The lowest BCUT2D eigenvalue weighted by atomic mass is 10.1. The molecule has 0 aliphatic carbocycles. The molecule has 1 atom stereocenters. The third-order valence-corrected chi connectivity index (χ3v) is 8.56. The van der Waals surface area contributed by atoms with Crippen LogP contribution in [0.5, 0.6) is 0 Å². The first-order valence-corrected chi connectivity index (χ1v) is 13.5. The number of carbonyl (C=O) groups is 1. The van der Waals surface area contributed by atoms with Gasteiger partial charge in [-0.25, -0.2) is 8.42 Å². The van der Waals surface area contributed by atoms with Crippen LogP contribution in [-0.4, -0.2) is 46.2 Å². The second-order valence-corrected chi connectivity index (χ2v) is 11.5. The van der Waals surface area contributed by atoms with E-state index >= 15 is 0 Å². The number of rotatable bonds is 9. The lowest BCUT2D eigenvalue weighted by Crippen LogP contribution is -2.08. The van der Waals surface area contributed by atoms with E-state index in [1.807, 2.05) is 38.1 Å². The molecule has 0 spiro atoms. The summed E-state index contributed by atoms with van der Waals surface area (Å²) in [5.41, 5.74) is 4.03. The molecule has 2 aromatic heterocycles. The fraction of sp³-hybridized carbons (Fsp3) is 0.435. The standard InChI is InChI=1S/C23H27N3O4S2/c1-16-12-20(17(2)26(16)10-8-18-6-4-3-5-7-18)21(27)14-31-23-25-24-22(30-23)13-19-9-11-32(28,29)15-19/h3-7,12,19H,8-11,13-15H2,1-2H3/t19-/m0/s1. The number of Topliss-reactive ketones (excluding diaryl/α,β-unsaturated/α-hetero) is 1. The molecule has 1 fully saturated rings. The van der Waals surface area contributed by atoms with E-state index in [1.165, 1.54) is 17.3 Å². The Morgan fingerprint density at radius 3 is 2.72 bits per heavy atom. The Bertz CT molecular complexity index is 1200. The number of aromatic nitrogens is 3. The average Bonchev–Trinajstić information content (AvgIpc) is 3.43. The van der Waals surface area contributed by atoms with Gasteiger partial charge in [-0.15, -0.1) is 10.2 Å². The molecular weight excluding hydrogens is 446 g/mol. The van der Waals surface area contributed by atoms with Gasteiger partial charge >= 0.3 is 0 Å². The van der Waals surface area contributed by atoms with Gasteiger partial charge < -0.3 is 8.98 Å². The molecule has 1 aliphatic heterocycles. The third-order valence-electron chi connectivity index (χ3n) is 5.91. The second-order valence-electron chi connectivity index (χ2n) is 8.32. The van der Waals surface area contributed by atoms with Crippen LogP contribution in [0.3, 0.4) is 0 Å². The zero-order valence-corrected chi connectivity index (χ0v) is 19.9. The van der Waals surface area contributed by atoms with Gasteiger partial charge in [0.1, 0.15) is 0 Å². The first kappa shape index (κ1) is 22.8. The molecule has 0 radical (unpaired) electrons. The highest BCUT2D eigenvalue weighted by Crippen LogP contribution is 2.25. The van der Waals surface area contributed by atoms with Gasteiger partial charge in [-0.1, -0.05) is 42.1 Å². The van der Waals surface area contributed by atoms with E-state index in [0.717, 1.165) is 29.9 Å². The minimum atomic E-state index is -2.93. The molecule has 1 aromatic carbocycles. The fourth-order valence-corrected chi connectivity index (χ4v) is 6.70. The van der Waals surface area contributed by atoms with Gasteiger partial charge in [0, 0.05) is 29.9 Å². The Morgan fingerprint density at radius 1 is 1.22 bits per heavy atom. The summed E-state index contributed by atoms with van der Waals surface area (Å²) in [5.74, 6) is 1.10. The monoisotopic (exact) mass is 473 g/mol. The Kier molecular flexibility index (Phi) is 6.85. The maximum absolute atomic E-state index is 12.8. The van der Waals surface area contributed by atoms with Crippen molar-refractivity contribution < 1.29 is 17.6 Å². The van der Waals surface area contributed by atoms with E-state index < -0.39 is 9.84 Å². The van der Waals surface area contributed by atoms with Gasteiger partial charge in [0.2, 0.25) is 5.89 Å². The lowest BCUT2D eigenvalue weighted by molar-refractivity contribution is 0.102. The van der Waals surface area contributed by atoms with Gasteiger partial charge in [-0.2, -0.15) is 0 Å². The van der Waals surface area contributed by atoms with Crippen molar-refractivity contribution in [3.63, 3.8) is 0 Å². The van der Waals surface area contributed by atoms with Crippen molar-refractivity contribution in [3.05, 3.63) is 64.8 Å². The van der Waals surface area contributed by atoms with Crippen LogP contribution >= 0.6 is 11.8 Å². The average molecular weight is 474 g/mol. The van der Waals surface area contributed by atoms with E-state index in [-0.39, 0.29) is 29.0 Å². The summed E-state index contributed by atoms with van der Waals surface area (Å²) in [5, 5.41) is 8.37. The van der Waals surface area contributed by atoms with E-state index in [0.29, 0.717) is 24.0 Å². The van der Waals surface area contributed by atoms with Crippen LogP contribution in [0, 0.1) is 19.8 Å². The molecule has 3 aromatic rings. The van der Waals surface area contributed by atoms with Crippen molar-refractivity contribution in [1.82, 2.24) is 14.8 Å². The Morgan fingerprint density at radius 2 is 2.00 bits per heavy atom. The van der Waals surface area contributed by atoms with Crippen LogP contribution in [0.2, 0.25) is 0 Å². The normalized spacial score (nSPS) is 17.6. The Hall–Kier alpha value is -2.39. The van der Waals surface area contributed by atoms with E-state index in [9.17, 15) is 13.2 Å². The van der Waals surface area contributed by atoms with Crippen LogP contribution in [0.15, 0.2) is 46.0 Å². The quantitative estimate of drug-likeness (QED) is 0.345. The predicted molar refractivity (Wildman–Crippen MR) is 124 cm³/mol. The van der Waals surface area contributed by atoms with Gasteiger partial charge in [-0.05, 0) is 44.2 Å². The molecule has 7 nitrogen and oxygen atoms in total. The molecule has 4 rings (SSSR count). The predicted octanol–water partition coefficient (Wildman–Crippen LogP) is 3.68. The lowest BCUT2D eigenvalue weighted by Gasteiger charge is -2.10. The van der Waals surface area contributed by atoms with Crippen molar-refractivity contribution in [3.8, 4) is 0 Å². The van der Waals surface area contributed by atoms with Gasteiger partial charge in [0.25, 0.3) is 5.22 Å². The number of hydrogen-bond acceptors (Lipinski definition) is 7. The number of thioether (sulfide) groups is 1. The zero-order valence-electron chi connectivity index (χ0n) is 18.3. The molecule has 170 valence electrons. The van der Waals surface area contributed by atoms with Gasteiger partial charge in [0.05, 0.1) is 17.3 Å². The maximum atomic E-state index is 12.8. The number of hydrogen-bond donors (Lipinski definition) is 0. The molecular formula is C23H27N3O4S2. The van der Waals surface area contributed by atoms with E-state index in [1.54, 1.807) is 0 Å². The number of carbonyl (C=O) groups excluding carboxylic acids is 1. The van der Waals surface area contributed by atoms with Crippen LogP contribution in [0.4, 0.5) is 0 Å². The maximum Gasteiger partial charge on any atom is 0.277 e. The topological polar surface area (TPSA) is 95.1 Å². The van der Waals surface area contributed by atoms with Crippen molar-refractivity contribution in [2.75, 3.05) is 17.3 Å². The highest BCUT2D eigenvalue weighted by atomic mass is 32.2. The molecule has 0 saturated carbocycles. The third kappa shape index (κ3) is 5.50. The van der Waals surface area contributed by atoms with Crippen LogP contribution in [0.1, 0.15) is 39.6 Å². The molecule has 0 unspecified atom stereocenters. The molecule has 0 bridgehead atoms. The number of benzene rings is 1. The fourth-order valence-electron chi connectivity index (χ4n) is 4.18. The summed E-state index contributed by atoms with van der Waals surface area (Å²) in [6, 6.07) is 12.3. The summed E-state index contributed by atoms with van der Waals surface area (Å²) in [4.78, 5) is 12.8. The minimum Gasteiger partial charge on any atom is -0.416 e. The highest BCUT2D eigenvalue weighted by molar-refractivity contribution is 7.99. The molecule has 1 saturated heterocycles. The summed E-state index contributed by atoms with van der Waals surface area (Å²) in [7, 11) is -2.93. The molecule has 1 aliphatic rings. The first-order chi connectivity index (χ1) is 15.3. The summed E-state index contributed by atoms with van der Waals surface area (Å²) in [6.45, 7) is 4.83. The minimum absolute atomic E-state index is 0.0238. The Balaban J connectivity index is 1.33. The molecule has 9 heteroatoms. The molecule has 0 amide bonds. The van der Waals surface area contributed by atoms with E-state index in [4.69, 9.17) is 4.42 Å². The molecule has 32 heavy (non-hydrogen) atoms. The first-order valence-electron chi connectivity index (χ1n) is 10.7. The summed E-state index contributed by atoms with van der Waals surface area (Å²) >= 11 is 1.22. The van der Waals surface area contributed by atoms with Gasteiger partial charge in [0.15, 0.2) is 15.6 Å². The zero-order chi connectivity index (χ0) is 22.7. The largest absolute Gasteiger partial charge is 0.416 e. The van der Waals surface area contributed by atoms with Crippen LogP contribution in [-0.2, 0) is 29.2 Å². The SMILES string of the molecule is Cc1cc(C(=O)CSc2nnc(C[C@@H]3CCS(=O)(=O)C3)o2)c(C)n1CCc1ccccc1. The molecule has 3 heterocycles. The van der Waals surface area contributed by atoms with E-state index in [2.05, 4.69) is 26.9 Å². The van der Waals surface area contributed by atoms with Crippen LogP contribution in [0.25, 0.3) is 0 Å². The second kappa shape index (κ2) is 9.62. The number of sulfone groups is 1. The summed E-state index contributed by atoms with van der Waals surface area (Å²) in [6.07, 6.45) is 2.00. The highest BCUT2D eigenvalue weighted by Gasteiger charge is 2.29. The van der Waals surface area contributed by atoms with Crippen LogP contribution < -0.4 is 0 Å². The van der Waals surface area contributed by atoms with Crippen molar-refractivity contribution in [2.45, 2.75) is 44.9 Å². The number of ketones is 1.